The van der Waals surface area contributed by atoms with E-state index in [-0.39, 0.29) is 0 Å². The zero-order valence-corrected chi connectivity index (χ0v) is 11.7. The second kappa shape index (κ2) is 5.05. The van der Waals surface area contributed by atoms with Gasteiger partial charge < -0.3 is 15.5 Å². The van der Waals surface area contributed by atoms with Gasteiger partial charge in [-0.05, 0) is 12.5 Å². The van der Waals surface area contributed by atoms with E-state index >= 15 is 0 Å². The number of nitrogens with zero attached hydrogens (tertiary/aromatic N) is 4. The maximum atomic E-state index is 5.95. The molecule has 5 nitrogen and oxygen atoms in total. The summed E-state index contributed by atoms with van der Waals surface area (Å²) >= 11 is 1.69. The normalized spacial score (nSPS) is 15.8. The lowest BCUT2D eigenvalue weighted by Crippen LogP contribution is -2.46. The van der Waals surface area contributed by atoms with Crippen molar-refractivity contribution in [3.63, 3.8) is 0 Å². The van der Waals surface area contributed by atoms with Gasteiger partial charge in [-0.1, -0.05) is 0 Å². The average molecular weight is 275 g/mol. The molecule has 2 aromatic heterocycles. The minimum absolute atomic E-state index is 0.812. The molecule has 2 N–H and O–H groups in total. The molecule has 3 heterocycles. The number of rotatable bonds is 2. The summed E-state index contributed by atoms with van der Waals surface area (Å²) < 4.78 is 0. The summed E-state index contributed by atoms with van der Waals surface area (Å²) in [6.07, 6.45) is 3.70. The van der Waals surface area contributed by atoms with E-state index in [0.29, 0.717) is 0 Å². The number of nitrogen functional groups attached to an aromatic ring is 1. The molecule has 0 bridgehead atoms. The number of pyridine rings is 1. The van der Waals surface area contributed by atoms with E-state index in [4.69, 9.17) is 5.73 Å². The van der Waals surface area contributed by atoms with Crippen LogP contribution < -0.4 is 15.5 Å². The Morgan fingerprint density at radius 2 is 1.89 bits per heavy atom. The first-order valence-electron chi connectivity index (χ1n) is 6.35. The molecule has 1 aliphatic rings. The summed E-state index contributed by atoms with van der Waals surface area (Å²) in [7, 11) is 0. The van der Waals surface area contributed by atoms with Gasteiger partial charge in [0.2, 0.25) is 0 Å². The molecule has 0 unspecified atom stereocenters. The Balaban J connectivity index is 1.68. The molecule has 1 aliphatic heterocycles. The van der Waals surface area contributed by atoms with Crippen molar-refractivity contribution in [1.82, 2.24) is 9.97 Å². The van der Waals surface area contributed by atoms with Crippen molar-refractivity contribution in [1.29, 1.82) is 0 Å². The fourth-order valence-electron chi connectivity index (χ4n) is 2.20. The van der Waals surface area contributed by atoms with E-state index in [2.05, 4.69) is 19.8 Å². The lowest BCUT2D eigenvalue weighted by Gasteiger charge is -2.35. The zero-order chi connectivity index (χ0) is 13.2. The van der Waals surface area contributed by atoms with Gasteiger partial charge in [0.1, 0.15) is 5.82 Å². The molecule has 1 saturated heterocycles. The number of thiazole rings is 1. The average Bonchev–Trinajstić information content (AvgIpc) is 2.96. The van der Waals surface area contributed by atoms with Crippen LogP contribution in [0.5, 0.6) is 0 Å². The number of aromatic nitrogens is 2. The summed E-state index contributed by atoms with van der Waals surface area (Å²) in [5, 5.41) is 3.13. The maximum absolute atomic E-state index is 5.95. The first-order valence-corrected chi connectivity index (χ1v) is 7.23. The van der Waals surface area contributed by atoms with E-state index < -0.39 is 0 Å². The van der Waals surface area contributed by atoms with Gasteiger partial charge in [0.25, 0.3) is 0 Å². The Bertz CT molecular complexity index is 546. The molecule has 2 aromatic rings. The number of nitrogens with two attached hydrogens (primary N) is 1. The Morgan fingerprint density at radius 3 is 2.53 bits per heavy atom. The molecule has 0 aromatic carbocycles. The van der Waals surface area contributed by atoms with Crippen molar-refractivity contribution in [3.05, 3.63) is 29.4 Å². The number of hydrogen-bond acceptors (Lipinski definition) is 6. The standard InChI is InChI=1S/C13H17N5S/c1-10-9-16-12(8-11(10)14)17-3-5-18(6-4-17)13-15-2-7-19-13/h2,7-9H,3-6H2,1H3,(H2,14,16). The van der Waals surface area contributed by atoms with Crippen LogP contribution in [0.15, 0.2) is 23.8 Å². The Labute approximate surface area is 116 Å². The number of anilines is 3. The Kier molecular flexibility index (Phi) is 3.25. The fourth-order valence-corrected chi connectivity index (χ4v) is 2.90. The van der Waals surface area contributed by atoms with Crippen molar-refractivity contribution in [2.24, 2.45) is 0 Å². The summed E-state index contributed by atoms with van der Waals surface area (Å²) in [5.74, 6) is 0.974. The van der Waals surface area contributed by atoms with Crippen LogP contribution in [-0.2, 0) is 0 Å². The van der Waals surface area contributed by atoms with Crippen molar-refractivity contribution in [2.75, 3.05) is 41.7 Å². The molecule has 0 radical (unpaired) electrons. The van der Waals surface area contributed by atoms with E-state index in [1.807, 2.05) is 30.8 Å². The molecule has 0 aliphatic carbocycles. The molecule has 3 rings (SSSR count). The minimum atomic E-state index is 0.812. The summed E-state index contributed by atoms with van der Waals surface area (Å²) in [6.45, 7) is 5.84. The van der Waals surface area contributed by atoms with Crippen molar-refractivity contribution >= 4 is 28.0 Å². The monoisotopic (exact) mass is 275 g/mol. The second-order valence-electron chi connectivity index (χ2n) is 4.69. The molecule has 19 heavy (non-hydrogen) atoms. The third-order valence-electron chi connectivity index (χ3n) is 3.42. The van der Waals surface area contributed by atoms with Gasteiger partial charge >= 0.3 is 0 Å². The molecular formula is C13H17N5S. The van der Waals surface area contributed by atoms with Crippen LogP contribution in [0.2, 0.25) is 0 Å². The topological polar surface area (TPSA) is 58.3 Å². The molecular weight excluding hydrogens is 258 g/mol. The van der Waals surface area contributed by atoms with Crippen LogP contribution >= 0.6 is 11.3 Å². The molecule has 6 heteroatoms. The summed E-state index contributed by atoms with van der Waals surface area (Å²) in [6, 6.07) is 1.97. The summed E-state index contributed by atoms with van der Waals surface area (Å²) in [4.78, 5) is 13.4. The van der Waals surface area contributed by atoms with Gasteiger partial charge in [-0.2, -0.15) is 0 Å². The molecule has 0 saturated carbocycles. The number of hydrogen-bond donors (Lipinski definition) is 1. The molecule has 0 amide bonds. The van der Waals surface area contributed by atoms with Gasteiger partial charge in [0.05, 0.1) is 0 Å². The first-order chi connectivity index (χ1) is 9.24. The highest BCUT2D eigenvalue weighted by atomic mass is 32.1. The maximum Gasteiger partial charge on any atom is 0.185 e. The van der Waals surface area contributed by atoms with Gasteiger partial charge in [-0.3, -0.25) is 0 Å². The number of piperazine rings is 1. The van der Waals surface area contributed by atoms with Gasteiger partial charge in [0.15, 0.2) is 5.13 Å². The molecule has 0 spiro atoms. The highest BCUT2D eigenvalue weighted by Gasteiger charge is 2.19. The lowest BCUT2D eigenvalue weighted by atomic mass is 10.2. The fraction of sp³-hybridized carbons (Fsp3) is 0.385. The predicted octanol–water partition coefficient (Wildman–Crippen LogP) is 1.76. The minimum Gasteiger partial charge on any atom is -0.398 e. The van der Waals surface area contributed by atoms with Gasteiger partial charge in [-0.25, -0.2) is 9.97 Å². The Morgan fingerprint density at radius 1 is 1.16 bits per heavy atom. The van der Waals surface area contributed by atoms with E-state index in [9.17, 15) is 0 Å². The van der Waals surface area contributed by atoms with Crippen LogP contribution in [-0.4, -0.2) is 36.1 Å². The van der Waals surface area contributed by atoms with Crippen LogP contribution in [0.25, 0.3) is 0 Å². The molecule has 1 fully saturated rings. The van der Waals surface area contributed by atoms with Crippen molar-refractivity contribution < 1.29 is 0 Å². The highest BCUT2D eigenvalue weighted by molar-refractivity contribution is 7.13. The second-order valence-corrected chi connectivity index (χ2v) is 5.56. The van der Waals surface area contributed by atoms with Crippen LogP contribution in [0.3, 0.4) is 0 Å². The van der Waals surface area contributed by atoms with Crippen LogP contribution in [0.4, 0.5) is 16.6 Å². The smallest absolute Gasteiger partial charge is 0.185 e. The zero-order valence-electron chi connectivity index (χ0n) is 10.9. The van der Waals surface area contributed by atoms with E-state index in [1.165, 1.54) is 0 Å². The van der Waals surface area contributed by atoms with Gasteiger partial charge in [-0.15, -0.1) is 11.3 Å². The van der Waals surface area contributed by atoms with E-state index in [1.54, 1.807) is 11.3 Å². The number of aryl methyl sites for hydroxylation is 1. The van der Waals surface area contributed by atoms with Crippen LogP contribution in [0, 0.1) is 6.92 Å². The van der Waals surface area contributed by atoms with Crippen molar-refractivity contribution in [3.8, 4) is 0 Å². The molecule has 100 valence electrons. The van der Waals surface area contributed by atoms with Gasteiger partial charge in [0, 0.05) is 55.7 Å². The third kappa shape index (κ3) is 2.49. The third-order valence-corrected chi connectivity index (χ3v) is 4.26. The SMILES string of the molecule is Cc1cnc(N2CCN(c3nccs3)CC2)cc1N. The Hall–Kier alpha value is -1.82. The lowest BCUT2D eigenvalue weighted by molar-refractivity contribution is 0.646. The molecule has 0 atom stereocenters. The summed E-state index contributed by atoms with van der Waals surface area (Å²) in [5.41, 5.74) is 7.79. The first kappa shape index (κ1) is 12.2. The quantitative estimate of drug-likeness (QED) is 0.905. The largest absolute Gasteiger partial charge is 0.398 e. The van der Waals surface area contributed by atoms with E-state index in [0.717, 1.165) is 48.4 Å². The highest BCUT2D eigenvalue weighted by Crippen LogP contribution is 2.22. The van der Waals surface area contributed by atoms with Crippen molar-refractivity contribution in [2.45, 2.75) is 6.92 Å². The van der Waals surface area contributed by atoms with Crippen LogP contribution in [0.1, 0.15) is 5.56 Å². The predicted molar refractivity (Wildman–Crippen MR) is 79.9 cm³/mol.